The van der Waals surface area contributed by atoms with E-state index in [4.69, 9.17) is 0 Å². The van der Waals surface area contributed by atoms with Gasteiger partial charge in [0.2, 0.25) is 11.8 Å². The van der Waals surface area contributed by atoms with Gasteiger partial charge >= 0.3 is 0 Å². The molecule has 1 rings (SSSR count). The lowest BCUT2D eigenvalue weighted by atomic mass is 9.81. The molecule has 1 fully saturated rings. The zero-order chi connectivity index (χ0) is 11.3. The summed E-state index contributed by atoms with van der Waals surface area (Å²) in [6, 6.07) is 0. The molecule has 1 saturated carbocycles. The van der Waals surface area contributed by atoms with Crippen LogP contribution in [0, 0.1) is 5.92 Å². The Kier molecular flexibility index (Phi) is 4.45. The summed E-state index contributed by atoms with van der Waals surface area (Å²) in [5.74, 6) is -3.33. The van der Waals surface area contributed by atoms with Gasteiger partial charge in [-0.25, -0.2) is 8.78 Å². The fourth-order valence-electron chi connectivity index (χ4n) is 1.57. The Bertz CT molecular complexity index is 213. The van der Waals surface area contributed by atoms with Crippen LogP contribution in [0.4, 0.5) is 8.78 Å². The van der Waals surface area contributed by atoms with Crippen molar-refractivity contribution in [2.45, 2.75) is 32.1 Å². The number of hydrogen-bond acceptors (Lipinski definition) is 2. The second-order valence-electron chi connectivity index (χ2n) is 4.00. The highest BCUT2D eigenvalue weighted by atomic mass is 19.3. The minimum absolute atomic E-state index is 0.237. The molecule has 0 saturated heterocycles. The maximum atomic E-state index is 12.4. The first kappa shape index (κ1) is 12.4. The summed E-state index contributed by atoms with van der Waals surface area (Å²) >= 11 is 0. The van der Waals surface area contributed by atoms with Gasteiger partial charge in [-0.15, -0.1) is 0 Å². The van der Waals surface area contributed by atoms with E-state index in [2.05, 4.69) is 17.6 Å². The number of carbonyl (C=O) groups excluding carboxylic acids is 1. The van der Waals surface area contributed by atoms with Crippen LogP contribution in [0.15, 0.2) is 0 Å². The molecule has 88 valence electrons. The van der Waals surface area contributed by atoms with Crippen molar-refractivity contribution in [3.8, 4) is 0 Å². The van der Waals surface area contributed by atoms with E-state index in [1.54, 1.807) is 0 Å². The second kappa shape index (κ2) is 5.39. The molecule has 0 aromatic carbocycles. The number of alkyl halides is 2. The molecule has 0 aromatic rings. The fraction of sp³-hybridized carbons (Fsp3) is 0.900. The molecule has 0 radical (unpaired) electrons. The molecule has 5 heteroatoms. The van der Waals surface area contributed by atoms with Gasteiger partial charge in [-0.3, -0.25) is 4.79 Å². The van der Waals surface area contributed by atoms with Crippen molar-refractivity contribution in [1.29, 1.82) is 0 Å². The number of nitrogens with one attached hydrogen (secondary N) is 2. The number of rotatable bonds is 6. The lowest BCUT2D eigenvalue weighted by Crippen LogP contribution is -2.46. The summed E-state index contributed by atoms with van der Waals surface area (Å²) in [5, 5.41) is 5.77. The normalized spacial score (nSPS) is 19.7. The second-order valence-corrected chi connectivity index (χ2v) is 4.00. The Morgan fingerprint density at radius 1 is 1.33 bits per heavy atom. The van der Waals surface area contributed by atoms with Gasteiger partial charge in [-0.05, 0) is 13.0 Å². The van der Waals surface area contributed by atoms with Gasteiger partial charge in [0.15, 0.2) is 0 Å². The minimum Gasteiger partial charge on any atom is -0.355 e. The average molecular weight is 220 g/mol. The molecule has 1 aliphatic carbocycles. The molecule has 0 unspecified atom stereocenters. The van der Waals surface area contributed by atoms with E-state index in [-0.39, 0.29) is 18.7 Å². The zero-order valence-corrected chi connectivity index (χ0v) is 8.98. The third-order valence-electron chi connectivity index (χ3n) is 2.49. The van der Waals surface area contributed by atoms with E-state index in [0.717, 1.165) is 13.0 Å². The minimum atomic E-state index is -2.61. The Balaban J connectivity index is 2.00. The molecule has 0 bridgehead atoms. The predicted octanol–water partition coefficient (Wildman–Crippen LogP) is 1.15. The molecule has 1 amide bonds. The lowest BCUT2D eigenvalue weighted by Gasteiger charge is -2.33. The SMILES string of the molecule is CCCNCCNC(=O)C1CC(F)(F)C1. The molecular weight excluding hydrogens is 202 g/mol. The summed E-state index contributed by atoms with van der Waals surface area (Å²) in [7, 11) is 0. The Morgan fingerprint density at radius 2 is 2.00 bits per heavy atom. The van der Waals surface area contributed by atoms with E-state index in [1.807, 2.05) is 0 Å². The van der Waals surface area contributed by atoms with Crippen molar-refractivity contribution in [3.05, 3.63) is 0 Å². The number of amides is 1. The molecule has 0 aliphatic heterocycles. The summed E-state index contributed by atoms with van der Waals surface area (Å²) in [4.78, 5) is 11.3. The zero-order valence-electron chi connectivity index (χ0n) is 8.98. The maximum absolute atomic E-state index is 12.4. The van der Waals surface area contributed by atoms with Gasteiger partial charge in [0.05, 0.1) is 0 Å². The van der Waals surface area contributed by atoms with Crippen LogP contribution in [-0.4, -0.2) is 31.5 Å². The van der Waals surface area contributed by atoms with E-state index in [0.29, 0.717) is 13.1 Å². The largest absolute Gasteiger partial charge is 0.355 e. The van der Waals surface area contributed by atoms with Crippen molar-refractivity contribution in [2.75, 3.05) is 19.6 Å². The van der Waals surface area contributed by atoms with Gasteiger partial charge in [-0.2, -0.15) is 0 Å². The molecule has 2 N–H and O–H groups in total. The third kappa shape index (κ3) is 4.11. The molecule has 0 aromatic heterocycles. The standard InChI is InChI=1S/C10H18F2N2O/c1-2-3-13-4-5-14-9(15)8-6-10(11,12)7-8/h8,13H,2-7H2,1H3,(H,14,15). The molecule has 3 nitrogen and oxygen atoms in total. The Hall–Kier alpha value is -0.710. The molecule has 1 aliphatic rings. The van der Waals surface area contributed by atoms with Crippen LogP contribution in [0.1, 0.15) is 26.2 Å². The van der Waals surface area contributed by atoms with Crippen LogP contribution in [0.5, 0.6) is 0 Å². The fourth-order valence-corrected chi connectivity index (χ4v) is 1.57. The summed E-state index contributed by atoms with van der Waals surface area (Å²) in [6.07, 6.45) is 0.464. The van der Waals surface area contributed by atoms with Crippen LogP contribution in [0.25, 0.3) is 0 Å². The van der Waals surface area contributed by atoms with Crippen LogP contribution < -0.4 is 10.6 Å². The predicted molar refractivity (Wildman–Crippen MR) is 53.8 cm³/mol. The van der Waals surface area contributed by atoms with E-state index < -0.39 is 11.8 Å². The number of halogens is 2. The molecule has 0 atom stereocenters. The van der Waals surface area contributed by atoms with Crippen molar-refractivity contribution < 1.29 is 13.6 Å². The molecule has 0 spiro atoms. The van der Waals surface area contributed by atoms with Crippen LogP contribution >= 0.6 is 0 Å². The topological polar surface area (TPSA) is 41.1 Å². The first-order valence-electron chi connectivity index (χ1n) is 5.41. The Morgan fingerprint density at radius 3 is 2.53 bits per heavy atom. The molecule has 15 heavy (non-hydrogen) atoms. The van der Waals surface area contributed by atoms with E-state index in [1.165, 1.54) is 0 Å². The summed E-state index contributed by atoms with van der Waals surface area (Å²) in [6.45, 7) is 4.18. The van der Waals surface area contributed by atoms with Gasteiger partial charge in [0.25, 0.3) is 0 Å². The van der Waals surface area contributed by atoms with Crippen LogP contribution in [-0.2, 0) is 4.79 Å². The van der Waals surface area contributed by atoms with Crippen molar-refractivity contribution >= 4 is 5.91 Å². The molecular formula is C10H18F2N2O. The average Bonchev–Trinajstić information content (AvgIpc) is 2.13. The monoisotopic (exact) mass is 220 g/mol. The van der Waals surface area contributed by atoms with Gasteiger partial charge in [0.1, 0.15) is 0 Å². The van der Waals surface area contributed by atoms with Gasteiger partial charge in [0, 0.05) is 31.8 Å². The maximum Gasteiger partial charge on any atom is 0.249 e. The molecule has 0 heterocycles. The first-order valence-corrected chi connectivity index (χ1v) is 5.41. The smallest absolute Gasteiger partial charge is 0.249 e. The van der Waals surface area contributed by atoms with Crippen molar-refractivity contribution in [2.24, 2.45) is 5.92 Å². The van der Waals surface area contributed by atoms with Gasteiger partial charge < -0.3 is 10.6 Å². The summed E-state index contributed by atoms with van der Waals surface area (Å²) < 4.78 is 24.9. The summed E-state index contributed by atoms with van der Waals surface area (Å²) in [5.41, 5.74) is 0. The highest BCUT2D eigenvalue weighted by Crippen LogP contribution is 2.42. The number of hydrogen-bond donors (Lipinski definition) is 2. The van der Waals surface area contributed by atoms with E-state index in [9.17, 15) is 13.6 Å². The van der Waals surface area contributed by atoms with Crippen molar-refractivity contribution in [1.82, 2.24) is 10.6 Å². The highest BCUT2D eigenvalue weighted by Gasteiger charge is 2.48. The van der Waals surface area contributed by atoms with Gasteiger partial charge in [-0.1, -0.05) is 6.92 Å². The Labute approximate surface area is 88.6 Å². The lowest BCUT2D eigenvalue weighted by molar-refractivity contribution is -0.150. The van der Waals surface area contributed by atoms with Crippen LogP contribution in [0.2, 0.25) is 0 Å². The third-order valence-corrected chi connectivity index (χ3v) is 2.49. The van der Waals surface area contributed by atoms with Crippen molar-refractivity contribution in [3.63, 3.8) is 0 Å². The van der Waals surface area contributed by atoms with E-state index >= 15 is 0 Å². The quantitative estimate of drug-likeness (QED) is 0.659. The number of carbonyl (C=O) groups is 1. The highest BCUT2D eigenvalue weighted by molar-refractivity contribution is 5.79. The first-order chi connectivity index (χ1) is 7.05. The van der Waals surface area contributed by atoms with Crippen LogP contribution in [0.3, 0.4) is 0 Å².